The fraction of sp³-hybridized carbons (Fsp3) is 0.357. The van der Waals surface area contributed by atoms with Gasteiger partial charge >= 0.3 is 5.97 Å². The molecule has 0 heterocycles. The zero-order valence-electron chi connectivity index (χ0n) is 11.6. The molecule has 1 aromatic carbocycles. The van der Waals surface area contributed by atoms with Crippen molar-refractivity contribution in [1.29, 1.82) is 5.26 Å². The first kappa shape index (κ1) is 17.0. The maximum Gasteiger partial charge on any atom is 0.303 e. The topological polar surface area (TPSA) is 93.4 Å². The number of hydrogen-bond acceptors (Lipinski definition) is 4. The summed E-state index contributed by atoms with van der Waals surface area (Å²) in [4.78, 5) is 23.9. The molecule has 6 nitrogen and oxygen atoms in total. The molecular weight excluding hydrogens is 294 g/mol. The van der Waals surface area contributed by atoms with Crippen LogP contribution in [0.5, 0.6) is 0 Å². The van der Waals surface area contributed by atoms with E-state index in [0.29, 0.717) is 24.2 Å². The van der Waals surface area contributed by atoms with Crippen LogP contribution in [0.3, 0.4) is 0 Å². The highest BCUT2D eigenvalue weighted by Crippen LogP contribution is 2.20. The third kappa shape index (κ3) is 6.25. The van der Waals surface area contributed by atoms with Gasteiger partial charge in [0.25, 0.3) is 0 Å². The Kier molecular flexibility index (Phi) is 6.66. The first-order valence-corrected chi connectivity index (χ1v) is 6.70. The Morgan fingerprint density at radius 2 is 2.19 bits per heavy atom. The quantitative estimate of drug-likeness (QED) is 0.803. The molecule has 0 saturated heterocycles. The molecule has 0 aliphatic carbocycles. The minimum absolute atomic E-state index is 0.0805. The van der Waals surface area contributed by atoms with Gasteiger partial charge in [-0.1, -0.05) is 11.6 Å². The zero-order chi connectivity index (χ0) is 15.8. The van der Waals surface area contributed by atoms with Gasteiger partial charge in [0.05, 0.1) is 17.1 Å². The molecule has 0 aliphatic rings. The minimum atomic E-state index is -0.847. The highest BCUT2D eigenvalue weighted by molar-refractivity contribution is 6.32. The summed E-state index contributed by atoms with van der Waals surface area (Å²) in [5.41, 5.74) is 0.864. The van der Waals surface area contributed by atoms with Gasteiger partial charge in [-0.3, -0.25) is 14.5 Å². The Morgan fingerprint density at radius 1 is 1.48 bits per heavy atom. The molecule has 0 aliphatic heterocycles. The maximum absolute atomic E-state index is 11.8. The molecule has 1 aromatic rings. The molecular formula is C14H16ClN3O3. The largest absolute Gasteiger partial charge is 0.481 e. The second kappa shape index (κ2) is 8.25. The average molecular weight is 310 g/mol. The fourth-order valence-electron chi connectivity index (χ4n) is 1.71. The predicted octanol–water partition coefficient (Wildman–Crippen LogP) is 1.95. The summed E-state index contributed by atoms with van der Waals surface area (Å²) in [6.07, 6.45) is 0.568. The lowest BCUT2D eigenvalue weighted by Crippen LogP contribution is -2.31. The molecule has 7 heteroatoms. The molecule has 2 N–H and O–H groups in total. The third-order valence-corrected chi connectivity index (χ3v) is 3.03. The lowest BCUT2D eigenvalue weighted by atomic mass is 10.2. The van der Waals surface area contributed by atoms with Crippen molar-refractivity contribution in [2.75, 3.05) is 25.5 Å². The summed E-state index contributed by atoms with van der Waals surface area (Å²) in [6.45, 7) is 0.672. The summed E-state index contributed by atoms with van der Waals surface area (Å²) in [7, 11) is 1.74. The van der Waals surface area contributed by atoms with Crippen LogP contribution in [0, 0.1) is 11.3 Å². The van der Waals surface area contributed by atoms with Gasteiger partial charge in [0.2, 0.25) is 5.91 Å². The molecule has 0 unspecified atom stereocenters. The van der Waals surface area contributed by atoms with Gasteiger partial charge in [0.1, 0.15) is 6.07 Å². The average Bonchev–Trinajstić information content (AvgIpc) is 2.38. The van der Waals surface area contributed by atoms with Gasteiger partial charge < -0.3 is 10.4 Å². The van der Waals surface area contributed by atoms with Crippen molar-refractivity contribution in [2.24, 2.45) is 0 Å². The lowest BCUT2D eigenvalue weighted by molar-refractivity contribution is -0.137. The van der Waals surface area contributed by atoms with Crippen molar-refractivity contribution < 1.29 is 14.7 Å². The van der Waals surface area contributed by atoms with Crippen molar-refractivity contribution >= 4 is 29.2 Å². The number of carboxylic acid groups (broad SMARTS) is 1. The molecule has 21 heavy (non-hydrogen) atoms. The van der Waals surface area contributed by atoms with E-state index >= 15 is 0 Å². The van der Waals surface area contributed by atoms with E-state index in [1.165, 1.54) is 12.1 Å². The van der Waals surface area contributed by atoms with Gasteiger partial charge in [0.15, 0.2) is 0 Å². The van der Waals surface area contributed by atoms with E-state index in [1.54, 1.807) is 18.0 Å². The van der Waals surface area contributed by atoms with Gasteiger partial charge in [0, 0.05) is 12.1 Å². The van der Waals surface area contributed by atoms with Crippen molar-refractivity contribution in [3.8, 4) is 6.07 Å². The molecule has 0 aromatic heterocycles. The maximum atomic E-state index is 11.8. The van der Waals surface area contributed by atoms with Crippen LogP contribution >= 0.6 is 11.6 Å². The number of nitrogens with zero attached hydrogens (tertiary/aromatic N) is 2. The van der Waals surface area contributed by atoms with Crippen LogP contribution in [-0.2, 0) is 9.59 Å². The Morgan fingerprint density at radius 3 is 2.76 bits per heavy atom. The number of aliphatic carboxylic acids is 1. The van der Waals surface area contributed by atoms with Gasteiger partial charge in [-0.2, -0.15) is 5.26 Å². The van der Waals surface area contributed by atoms with Crippen LogP contribution in [-0.4, -0.2) is 42.0 Å². The number of halogens is 1. The molecule has 0 bridgehead atoms. The van der Waals surface area contributed by atoms with Crippen LogP contribution in [0.15, 0.2) is 18.2 Å². The third-order valence-electron chi connectivity index (χ3n) is 2.72. The van der Waals surface area contributed by atoms with E-state index in [2.05, 4.69) is 5.32 Å². The monoisotopic (exact) mass is 309 g/mol. The number of hydrogen-bond donors (Lipinski definition) is 2. The van der Waals surface area contributed by atoms with Crippen molar-refractivity contribution in [3.05, 3.63) is 28.8 Å². The second-order valence-corrected chi connectivity index (χ2v) is 5.00. The number of likely N-dealkylation sites (N-methyl/N-ethyl adjacent to an activating group) is 1. The lowest BCUT2D eigenvalue weighted by Gasteiger charge is -2.15. The van der Waals surface area contributed by atoms with Gasteiger partial charge in [-0.05, 0) is 38.2 Å². The van der Waals surface area contributed by atoms with E-state index in [0.717, 1.165) is 0 Å². The van der Waals surface area contributed by atoms with Crippen LogP contribution in [0.4, 0.5) is 5.69 Å². The van der Waals surface area contributed by atoms with Crippen LogP contribution < -0.4 is 5.32 Å². The first-order valence-electron chi connectivity index (χ1n) is 6.32. The number of nitrogens with one attached hydrogen (secondary N) is 1. The number of amides is 1. The van der Waals surface area contributed by atoms with E-state index in [-0.39, 0.29) is 23.9 Å². The molecule has 1 rings (SSSR count). The summed E-state index contributed by atoms with van der Waals surface area (Å²) in [5, 5.41) is 20.3. The number of nitriles is 1. The van der Waals surface area contributed by atoms with E-state index in [9.17, 15) is 9.59 Å². The normalized spacial score (nSPS) is 10.2. The summed E-state index contributed by atoms with van der Waals surface area (Å²) in [6, 6.07) is 6.60. The van der Waals surface area contributed by atoms with Crippen LogP contribution in [0.25, 0.3) is 0 Å². The SMILES string of the molecule is CN(CCCC(=O)O)CC(=O)Nc1ccc(C#N)c(Cl)c1. The molecule has 0 fully saturated rings. The molecule has 0 spiro atoms. The second-order valence-electron chi connectivity index (χ2n) is 4.59. The number of rotatable bonds is 7. The van der Waals surface area contributed by atoms with E-state index < -0.39 is 5.97 Å². The van der Waals surface area contributed by atoms with Crippen molar-refractivity contribution in [2.45, 2.75) is 12.8 Å². The Hall–Kier alpha value is -2.10. The highest BCUT2D eigenvalue weighted by atomic mass is 35.5. The van der Waals surface area contributed by atoms with Crippen molar-refractivity contribution in [3.63, 3.8) is 0 Å². The highest BCUT2D eigenvalue weighted by Gasteiger charge is 2.09. The Balaban J connectivity index is 2.45. The number of carbonyl (C=O) groups excluding carboxylic acids is 1. The molecule has 0 atom stereocenters. The van der Waals surface area contributed by atoms with Crippen LogP contribution in [0.1, 0.15) is 18.4 Å². The summed E-state index contributed by atoms with van der Waals surface area (Å²) < 4.78 is 0. The predicted molar refractivity (Wildman–Crippen MR) is 79.2 cm³/mol. The molecule has 0 radical (unpaired) electrons. The fourth-order valence-corrected chi connectivity index (χ4v) is 1.93. The van der Waals surface area contributed by atoms with E-state index in [1.807, 2.05) is 6.07 Å². The van der Waals surface area contributed by atoms with Gasteiger partial charge in [-0.15, -0.1) is 0 Å². The minimum Gasteiger partial charge on any atom is -0.481 e. The number of benzene rings is 1. The smallest absolute Gasteiger partial charge is 0.303 e. The Labute approximate surface area is 127 Å². The summed E-state index contributed by atoms with van der Waals surface area (Å²) in [5.74, 6) is -1.08. The standard InChI is InChI=1S/C14H16ClN3O3/c1-18(6-2-3-14(20)21)9-13(19)17-11-5-4-10(8-16)12(15)7-11/h4-5,7H,2-3,6,9H2,1H3,(H,17,19)(H,20,21). The van der Waals surface area contributed by atoms with E-state index in [4.69, 9.17) is 22.0 Å². The molecule has 0 saturated carbocycles. The number of anilines is 1. The number of carbonyl (C=O) groups is 2. The molecule has 112 valence electrons. The van der Waals surface area contributed by atoms with Gasteiger partial charge in [-0.25, -0.2) is 0 Å². The van der Waals surface area contributed by atoms with Crippen LogP contribution in [0.2, 0.25) is 5.02 Å². The molecule has 1 amide bonds. The number of carboxylic acids is 1. The van der Waals surface area contributed by atoms with Crippen molar-refractivity contribution in [1.82, 2.24) is 4.90 Å². The zero-order valence-corrected chi connectivity index (χ0v) is 12.4. The first-order chi connectivity index (χ1) is 9.92. The Bertz CT molecular complexity index is 569. The summed E-state index contributed by atoms with van der Waals surface area (Å²) >= 11 is 5.88.